The van der Waals surface area contributed by atoms with Gasteiger partial charge in [0.25, 0.3) is 5.91 Å². The largest absolute Gasteiger partial charge is 0.333 e. The highest BCUT2D eigenvalue weighted by Crippen LogP contribution is 2.25. The first-order valence-corrected chi connectivity index (χ1v) is 7.12. The van der Waals surface area contributed by atoms with Crippen LogP contribution >= 0.6 is 22.9 Å². The molecule has 20 heavy (non-hydrogen) atoms. The molecule has 1 aromatic heterocycles. The van der Waals surface area contributed by atoms with Crippen LogP contribution in [0.15, 0.2) is 46.8 Å². The average Bonchev–Trinajstić information content (AvgIpc) is 2.99. The topological polar surface area (TPSA) is 49.4 Å². The Labute approximate surface area is 124 Å². The van der Waals surface area contributed by atoms with Crippen molar-refractivity contribution in [1.29, 1.82) is 0 Å². The molecule has 0 aliphatic carbocycles. The number of hydrogen-bond acceptors (Lipinski definition) is 3. The Morgan fingerprint density at radius 2 is 2.10 bits per heavy atom. The zero-order valence-corrected chi connectivity index (χ0v) is 11.7. The van der Waals surface area contributed by atoms with Gasteiger partial charge in [0.15, 0.2) is 0 Å². The second kappa shape index (κ2) is 5.11. The minimum atomic E-state index is -0.473. The number of nitrogens with one attached hydrogen (secondary N) is 1. The van der Waals surface area contributed by atoms with Crippen molar-refractivity contribution in [1.82, 2.24) is 5.32 Å². The maximum atomic E-state index is 12.3. The number of urea groups is 1. The van der Waals surface area contributed by atoms with E-state index in [2.05, 4.69) is 5.32 Å². The fourth-order valence-electron chi connectivity index (χ4n) is 1.91. The van der Waals surface area contributed by atoms with E-state index in [4.69, 9.17) is 11.6 Å². The Balaban J connectivity index is 1.95. The van der Waals surface area contributed by atoms with Gasteiger partial charge in [-0.2, -0.15) is 11.3 Å². The zero-order chi connectivity index (χ0) is 14.1. The molecule has 3 rings (SSSR count). The number of halogens is 1. The van der Waals surface area contributed by atoms with Gasteiger partial charge in [-0.05, 0) is 46.7 Å². The standard InChI is InChI=1S/C14H9ClN2O2S/c15-10-2-1-3-11(7-10)17-13(18)12(16-14(17)19)6-9-4-5-20-8-9/h1-8H,(H,16,19). The molecule has 100 valence electrons. The number of amides is 3. The van der Waals surface area contributed by atoms with E-state index in [0.29, 0.717) is 10.7 Å². The number of imide groups is 1. The molecule has 1 fully saturated rings. The summed E-state index contributed by atoms with van der Waals surface area (Å²) in [4.78, 5) is 25.3. The van der Waals surface area contributed by atoms with Gasteiger partial charge in [0, 0.05) is 5.02 Å². The van der Waals surface area contributed by atoms with Gasteiger partial charge < -0.3 is 5.32 Å². The summed E-state index contributed by atoms with van der Waals surface area (Å²) < 4.78 is 0. The second-order valence-electron chi connectivity index (χ2n) is 4.17. The predicted octanol–water partition coefficient (Wildman–Crippen LogP) is 3.50. The first-order chi connectivity index (χ1) is 9.65. The summed E-state index contributed by atoms with van der Waals surface area (Å²) in [5.41, 5.74) is 1.59. The molecular formula is C14H9ClN2O2S. The van der Waals surface area contributed by atoms with Crippen LogP contribution in [-0.4, -0.2) is 11.9 Å². The molecule has 0 spiro atoms. The number of carbonyl (C=O) groups excluding carboxylic acids is 2. The average molecular weight is 305 g/mol. The SMILES string of the molecule is O=C1NC(=Cc2ccsc2)C(=O)N1c1cccc(Cl)c1. The molecule has 0 unspecified atom stereocenters. The maximum Gasteiger partial charge on any atom is 0.333 e. The number of rotatable bonds is 2. The van der Waals surface area contributed by atoms with Gasteiger partial charge in [-0.15, -0.1) is 0 Å². The van der Waals surface area contributed by atoms with E-state index in [1.807, 2.05) is 16.8 Å². The van der Waals surface area contributed by atoms with Crippen LogP contribution in [0.1, 0.15) is 5.56 Å². The third-order valence-corrected chi connectivity index (χ3v) is 3.74. The number of carbonyl (C=O) groups is 2. The van der Waals surface area contributed by atoms with E-state index in [0.717, 1.165) is 10.5 Å². The Hall–Kier alpha value is -2.11. The Kier molecular flexibility index (Phi) is 3.30. The number of benzene rings is 1. The maximum absolute atomic E-state index is 12.3. The lowest BCUT2D eigenvalue weighted by molar-refractivity contribution is -0.113. The fraction of sp³-hybridized carbons (Fsp3) is 0. The van der Waals surface area contributed by atoms with Crippen LogP contribution in [0.3, 0.4) is 0 Å². The van der Waals surface area contributed by atoms with E-state index in [1.54, 1.807) is 30.3 Å². The molecule has 6 heteroatoms. The molecule has 2 heterocycles. The minimum Gasteiger partial charge on any atom is -0.302 e. The highest BCUT2D eigenvalue weighted by atomic mass is 35.5. The molecule has 0 bridgehead atoms. The summed E-state index contributed by atoms with van der Waals surface area (Å²) in [7, 11) is 0. The van der Waals surface area contributed by atoms with Gasteiger partial charge in [-0.3, -0.25) is 4.79 Å². The van der Waals surface area contributed by atoms with Crippen molar-refractivity contribution in [2.24, 2.45) is 0 Å². The Bertz CT molecular complexity index is 710. The van der Waals surface area contributed by atoms with Gasteiger partial charge in [0.2, 0.25) is 0 Å². The van der Waals surface area contributed by atoms with Crippen LogP contribution in [0.4, 0.5) is 10.5 Å². The van der Waals surface area contributed by atoms with Crippen molar-refractivity contribution in [2.45, 2.75) is 0 Å². The van der Waals surface area contributed by atoms with Crippen molar-refractivity contribution < 1.29 is 9.59 Å². The van der Waals surface area contributed by atoms with E-state index in [-0.39, 0.29) is 11.6 Å². The van der Waals surface area contributed by atoms with Crippen LogP contribution in [0.25, 0.3) is 6.08 Å². The lowest BCUT2D eigenvalue weighted by atomic mass is 10.2. The van der Waals surface area contributed by atoms with E-state index >= 15 is 0 Å². The quantitative estimate of drug-likeness (QED) is 0.682. The van der Waals surface area contributed by atoms with Gasteiger partial charge in [0.1, 0.15) is 5.70 Å². The summed E-state index contributed by atoms with van der Waals surface area (Å²) in [6.45, 7) is 0. The highest BCUT2D eigenvalue weighted by Gasteiger charge is 2.34. The van der Waals surface area contributed by atoms with Crippen molar-refractivity contribution in [3.63, 3.8) is 0 Å². The molecule has 1 N–H and O–H groups in total. The molecular weight excluding hydrogens is 296 g/mol. The second-order valence-corrected chi connectivity index (χ2v) is 5.38. The lowest BCUT2D eigenvalue weighted by Gasteiger charge is -2.11. The molecule has 1 aliphatic rings. The van der Waals surface area contributed by atoms with Crippen LogP contribution < -0.4 is 10.2 Å². The minimum absolute atomic E-state index is 0.258. The van der Waals surface area contributed by atoms with Gasteiger partial charge >= 0.3 is 6.03 Å². The number of nitrogens with zero attached hydrogens (tertiary/aromatic N) is 1. The normalized spacial score (nSPS) is 16.9. The summed E-state index contributed by atoms with van der Waals surface area (Å²) in [6.07, 6.45) is 1.65. The smallest absolute Gasteiger partial charge is 0.302 e. The molecule has 0 radical (unpaired) electrons. The van der Waals surface area contributed by atoms with Gasteiger partial charge in [-0.25, -0.2) is 9.69 Å². The van der Waals surface area contributed by atoms with Crippen LogP contribution in [0, 0.1) is 0 Å². The summed E-state index contributed by atoms with van der Waals surface area (Å²) in [6, 6.07) is 8.02. The third-order valence-electron chi connectivity index (χ3n) is 2.80. The van der Waals surface area contributed by atoms with Crippen molar-refractivity contribution in [3.8, 4) is 0 Å². The highest BCUT2D eigenvalue weighted by molar-refractivity contribution is 7.08. The number of anilines is 1. The molecule has 4 nitrogen and oxygen atoms in total. The van der Waals surface area contributed by atoms with Crippen LogP contribution in [0.5, 0.6) is 0 Å². The summed E-state index contributed by atoms with van der Waals surface area (Å²) >= 11 is 7.41. The molecule has 1 aromatic carbocycles. The van der Waals surface area contributed by atoms with Crippen LogP contribution in [-0.2, 0) is 4.79 Å². The number of thiophene rings is 1. The lowest BCUT2D eigenvalue weighted by Crippen LogP contribution is -2.30. The van der Waals surface area contributed by atoms with E-state index in [1.165, 1.54) is 11.3 Å². The first-order valence-electron chi connectivity index (χ1n) is 5.80. The van der Waals surface area contributed by atoms with Crippen molar-refractivity contribution in [2.75, 3.05) is 4.90 Å². The number of hydrogen-bond donors (Lipinski definition) is 1. The zero-order valence-electron chi connectivity index (χ0n) is 10.2. The van der Waals surface area contributed by atoms with Crippen LogP contribution in [0.2, 0.25) is 5.02 Å². The van der Waals surface area contributed by atoms with Gasteiger partial charge in [-0.1, -0.05) is 17.7 Å². The fourth-order valence-corrected chi connectivity index (χ4v) is 2.71. The summed E-state index contributed by atoms with van der Waals surface area (Å²) in [5.74, 6) is -0.386. The molecule has 2 aromatic rings. The molecule has 0 saturated carbocycles. The monoisotopic (exact) mass is 304 g/mol. The molecule has 1 saturated heterocycles. The Morgan fingerprint density at radius 3 is 2.80 bits per heavy atom. The first kappa shape index (κ1) is 12.9. The Morgan fingerprint density at radius 1 is 1.25 bits per heavy atom. The predicted molar refractivity (Wildman–Crippen MR) is 79.8 cm³/mol. The van der Waals surface area contributed by atoms with Crippen molar-refractivity contribution >= 4 is 46.6 Å². The summed E-state index contributed by atoms with van der Waals surface area (Å²) in [5, 5.41) is 6.84. The molecule has 1 aliphatic heterocycles. The molecule has 3 amide bonds. The third kappa shape index (κ3) is 2.33. The van der Waals surface area contributed by atoms with Gasteiger partial charge in [0.05, 0.1) is 5.69 Å². The molecule has 0 atom stereocenters. The van der Waals surface area contributed by atoms with E-state index < -0.39 is 6.03 Å². The van der Waals surface area contributed by atoms with E-state index in [9.17, 15) is 9.59 Å². The van der Waals surface area contributed by atoms with Crippen molar-refractivity contribution in [3.05, 3.63) is 57.4 Å².